The van der Waals surface area contributed by atoms with Gasteiger partial charge in [0.25, 0.3) is 5.89 Å². The topological polar surface area (TPSA) is 78.9 Å². The fraction of sp³-hybridized carbons (Fsp3) is 0.200. The van der Waals surface area contributed by atoms with Crippen LogP contribution in [0, 0.1) is 13.8 Å². The molecule has 0 bridgehead atoms. The smallest absolute Gasteiger partial charge is 0.406 e. The summed E-state index contributed by atoms with van der Waals surface area (Å²) in [6, 6.07) is 13.2. The molecule has 10 heteroatoms. The molecule has 4 rings (SSSR count). The molecule has 0 atom stereocenters. The van der Waals surface area contributed by atoms with Gasteiger partial charge in [-0.3, -0.25) is 0 Å². The number of rotatable bonds is 5. The van der Waals surface area contributed by atoms with E-state index in [-0.39, 0.29) is 23.3 Å². The highest BCUT2D eigenvalue weighted by Gasteiger charge is 2.31. The second kappa shape index (κ2) is 7.62. The average molecular weight is 415 g/mol. The van der Waals surface area contributed by atoms with Crippen LogP contribution in [0.2, 0.25) is 0 Å². The predicted octanol–water partition coefficient (Wildman–Crippen LogP) is 4.56. The molecular formula is C20H16F3N5O2. The van der Waals surface area contributed by atoms with Crippen LogP contribution in [0.4, 0.5) is 13.2 Å². The number of aromatic nitrogens is 5. The standard InChI is InChI=1S/C20H16F3N5O2/c1-12-4-3-5-14(10-12)11-28-13(2)24-18(26-28)19-25-17(27-30-19)15-6-8-16(9-7-15)29-20(21,22)23/h3-10H,11H2,1-2H3. The molecule has 0 N–H and O–H groups in total. The first-order chi connectivity index (χ1) is 14.3. The SMILES string of the molecule is Cc1cccc(Cn2nc(-c3nc(-c4ccc(OC(F)(F)F)cc4)no3)nc2C)c1. The zero-order chi connectivity index (χ0) is 21.3. The molecule has 2 heterocycles. The Kier molecular flexibility index (Phi) is 4.98. The molecule has 0 saturated carbocycles. The second-order valence-corrected chi connectivity index (χ2v) is 6.62. The number of alkyl halides is 3. The van der Waals surface area contributed by atoms with Crippen LogP contribution in [-0.2, 0) is 6.54 Å². The van der Waals surface area contributed by atoms with Crippen molar-refractivity contribution >= 4 is 0 Å². The second-order valence-electron chi connectivity index (χ2n) is 6.62. The Hall–Kier alpha value is -3.69. The summed E-state index contributed by atoms with van der Waals surface area (Å²) in [4.78, 5) is 8.62. The molecule has 7 nitrogen and oxygen atoms in total. The van der Waals surface area contributed by atoms with E-state index in [1.807, 2.05) is 32.0 Å². The van der Waals surface area contributed by atoms with Gasteiger partial charge in [0.15, 0.2) is 0 Å². The summed E-state index contributed by atoms with van der Waals surface area (Å²) in [5, 5.41) is 8.29. The fourth-order valence-corrected chi connectivity index (χ4v) is 2.88. The van der Waals surface area contributed by atoms with Crippen LogP contribution in [0.25, 0.3) is 23.1 Å². The Morgan fingerprint density at radius 2 is 1.77 bits per heavy atom. The fourth-order valence-electron chi connectivity index (χ4n) is 2.88. The third-order valence-corrected chi connectivity index (χ3v) is 4.23. The van der Waals surface area contributed by atoms with Gasteiger partial charge >= 0.3 is 6.36 Å². The zero-order valence-electron chi connectivity index (χ0n) is 16.0. The zero-order valence-corrected chi connectivity index (χ0v) is 16.0. The Morgan fingerprint density at radius 1 is 1.00 bits per heavy atom. The molecule has 0 amide bonds. The van der Waals surface area contributed by atoms with Crippen molar-refractivity contribution in [2.75, 3.05) is 0 Å². The van der Waals surface area contributed by atoms with E-state index in [1.165, 1.54) is 24.3 Å². The lowest BCUT2D eigenvalue weighted by Crippen LogP contribution is -2.16. The molecule has 2 aromatic carbocycles. The van der Waals surface area contributed by atoms with Crippen molar-refractivity contribution in [2.45, 2.75) is 26.8 Å². The molecule has 0 aliphatic carbocycles. The van der Waals surface area contributed by atoms with Gasteiger partial charge in [0.1, 0.15) is 11.6 Å². The highest BCUT2D eigenvalue weighted by molar-refractivity contribution is 5.57. The van der Waals surface area contributed by atoms with Gasteiger partial charge in [-0.25, -0.2) is 9.67 Å². The summed E-state index contributed by atoms with van der Waals surface area (Å²) in [5.74, 6) is 0.945. The minimum atomic E-state index is -4.75. The number of aryl methyl sites for hydroxylation is 2. The summed E-state index contributed by atoms with van der Waals surface area (Å²) < 4.78 is 47.6. The van der Waals surface area contributed by atoms with Crippen LogP contribution in [0.5, 0.6) is 5.75 Å². The van der Waals surface area contributed by atoms with Gasteiger partial charge in [0.2, 0.25) is 11.6 Å². The average Bonchev–Trinajstić information content (AvgIpc) is 3.29. The third kappa shape index (κ3) is 4.48. The summed E-state index contributed by atoms with van der Waals surface area (Å²) >= 11 is 0. The summed E-state index contributed by atoms with van der Waals surface area (Å²) in [6.07, 6.45) is -4.75. The Balaban J connectivity index is 1.53. The van der Waals surface area contributed by atoms with E-state index < -0.39 is 6.36 Å². The van der Waals surface area contributed by atoms with Crippen molar-refractivity contribution in [3.05, 3.63) is 65.5 Å². The van der Waals surface area contributed by atoms with Crippen LogP contribution in [0.1, 0.15) is 17.0 Å². The van der Waals surface area contributed by atoms with Crippen LogP contribution in [0.3, 0.4) is 0 Å². The first-order valence-corrected chi connectivity index (χ1v) is 8.94. The van der Waals surface area contributed by atoms with Crippen molar-refractivity contribution in [1.82, 2.24) is 24.9 Å². The Bertz CT molecular complexity index is 1170. The largest absolute Gasteiger partial charge is 0.573 e. The summed E-state index contributed by atoms with van der Waals surface area (Å²) in [5.41, 5.74) is 2.70. The minimum Gasteiger partial charge on any atom is -0.406 e. The molecule has 4 aromatic rings. The summed E-state index contributed by atoms with van der Waals surface area (Å²) in [7, 11) is 0. The van der Waals surface area contributed by atoms with Crippen LogP contribution in [-0.4, -0.2) is 31.3 Å². The number of benzene rings is 2. The number of hydrogen-bond acceptors (Lipinski definition) is 6. The first-order valence-electron chi connectivity index (χ1n) is 8.94. The van der Waals surface area contributed by atoms with E-state index in [2.05, 4.69) is 31.0 Å². The molecule has 0 fully saturated rings. The molecule has 154 valence electrons. The van der Waals surface area contributed by atoms with E-state index in [0.717, 1.165) is 11.1 Å². The Labute approximate surface area is 169 Å². The number of hydrogen-bond donors (Lipinski definition) is 0. The van der Waals surface area contributed by atoms with Gasteiger partial charge in [0, 0.05) is 5.56 Å². The molecule has 0 unspecified atom stereocenters. The minimum absolute atomic E-state index is 0.117. The maximum absolute atomic E-state index is 12.3. The van der Waals surface area contributed by atoms with Crippen LogP contribution < -0.4 is 4.74 Å². The molecular weight excluding hydrogens is 399 g/mol. The lowest BCUT2D eigenvalue weighted by Gasteiger charge is -2.08. The lowest BCUT2D eigenvalue weighted by molar-refractivity contribution is -0.274. The molecule has 0 radical (unpaired) electrons. The van der Waals surface area contributed by atoms with Gasteiger partial charge in [-0.1, -0.05) is 35.0 Å². The van der Waals surface area contributed by atoms with Crippen molar-refractivity contribution in [1.29, 1.82) is 0 Å². The predicted molar refractivity (Wildman–Crippen MR) is 100 cm³/mol. The highest BCUT2D eigenvalue weighted by atomic mass is 19.4. The number of halogens is 3. The maximum Gasteiger partial charge on any atom is 0.573 e. The Morgan fingerprint density at radius 3 is 2.47 bits per heavy atom. The van der Waals surface area contributed by atoms with Crippen LogP contribution in [0.15, 0.2) is 53.1 Å². The van der Waals surface area contributed by atoms with Gasteiger partial charge in [-0.2, -0.15) is 4.98 Å². The normalized spacial score (nSPS) is 11.6. The van der Waals surface area contributed by atoms with Crippen molar-refractivity contribution in [2.24, 2.45) is 0 Å². The number of ether oxygens (including phenoxy) is 1. The summed E-state index contributed by atoms with van der Waals surface area (Å²) in [6.45, 7) is 4.38. The monoisotopic (exact) mass is 415 g/mol. The van der Waals surface area contributed by atoms with E-state index >= 15 is 0 Å². The van der Waals surface area contributed by atoms with E-state index in [1.54, 1.807) is 4.68 Å². The number of nitrogens with zero attached hydrogens (tertiary/aromatic N) is 5. The molecule has 30 heavy (non-hydrogen) atoms. The maximum atomic E-state index is 12.3. The lowest BCUT2D eigenvalue weighted by atomic mass is 10.1. The van der Waals surface area contributed by atoms with Gasteiger partial charge in [0.05, 0.1) is 6.54 Å². The highest BCUT2D eigenvalue weighted by Crippen LogP contribution is 2.26. The van der Waals surface area contributed by atoms with E-state index in [0.29, 0.717) is 17.9 Å². The van der Waals surface area contributed by atoms with Gasteiger partial charge in [-0.05, 0) is 43.7 Å². The third-order valence-electron chi connectivity index (χ3n) is 4.23. The van der Waals surface area contributed by atoms with Gasteiger partial charge in [-0.15, -0.1) is 18.3 Å². The first kappa shape index (κ1) is 19.6. The van der Waals surface area contributed by atoms with E-state index in [9.17, 15) is 13.2 Å². The van der Waals surface area contributed by atoms with Crippen molar-refractivity contribution in [3.63, 3.8) is 0 Å². The molecule has 0 saturated heterocycles. The van der Waals surface area contributed by atoms with Crippen molar-refractivity contribution < 1.29 is 22.4 Å². The van der Waals surface area contributed by atoms with Crippen LogP contribution >= 0.6 is 0 Å². The van der Waals surface area contributed by atoms with E-state index in [4.69, 9.17) is 4.52 Å². The van der Waals surface area contributed by atoms with Gasteiger partial charge < -0.3 is 9.26 Å². The molecule has 0 aliphatic heterocycles. The molecule has 2 aromatic heterocycles. The molecule has 0 spiro atoms. The van der Waals surface area contributed by atoms with Crippen molar-refractivity contribution in [3.8, 4) is 28.9 Å². The quantitative estimate of drug-likeness (QED) is 0.476. The molecule has 0 aliphatic rings.